The second-order valence-corrected chi connectivity index (χ2v) is 6.56. The van der Waals surface area contributed by atoms with Crippen molar-refractivity contribution in [3.05, 3.63) is 63.4 Å². The van der Waals surface area contributed by atoms with Gasteiger partial charge in [-0.25, -0.2) is 9.59 Å². The van der Waals surface area contributed by atoms with Crippen molar-refractivity contribution >= 4 is 22.8 Å². The minimum Gasteiger partial charge on any atom is -0.489 e. The van der Waals surface area contributed by atoms with Gasteiger partial charge in [0.05, 0.1) is 0 Å². The highest BCUT2D eigenvalue weighted by Crippen LogP contribution is 2.23. The van der Waals surface area contributed by atoms with Crippen LogP contribution in [-0.2, 0) is 6.61 Å². The highest BCUT2D eigenvalue weighted by molar-refractivity contribution is 5.96. The van der Waals surface area contributed by atoms with Gasteiger partial charge in [-0.2, -0.15) is 0 Å². The second kappa shape index (κ2) is 7.59. The van der Waals surface area contributed by atoms with E-state index in [2.05, 4.69) is 5.32 Å². The fourth-order valence-electron chi connectivity index (χ4n) is 2.61. The topological polar surface area (TPSA) is 119 Å². The van der Waals surface area contributed by atoms with Crippen molar-refractivity contribution < 1.29 is 28.3 Å². The lowest BCUT2D eigenvalue weighted by Crippen LogP contribution is -2.33. The first-order chi connectivity index (χ1) is 13.2. The lowest BCUT2D eigenvalue weighted by Gasteiger charge is -2.09. The van der Waals surface area contributed by atoms with Gasteiger partial charge in [-0.15, -0.1) is 0 Å². The van der Waals surface area contributed by atoms with Gasteiger partial charge in [-0.3, -0.25) is 4.79 Å². The van der Waals surface area contributed by atoms with E-state index in [1.54, 1.807) is 32.9 Å². The molecule has 0 radical (unpaired) electrons. The number of aromatic carboxylic acids is 1. The molecule has 0 fully saturated rings. The maximum atomic E-state index is 12.1. The first-order valence-corrected chi connectivity index (χ1v) is 8.58. The lowest BCUT2D eigenvalue weighted by atomic mass is 10.1. The largest absolute Gasteiger partial charge is 0.489 e. The Balaban J connectivity index is 1.82. The van der Waals surface area contributed by atoms with Crippen LogP contribution >= 0.6 is 0 Å². The molecule has 0 unspecified atom stereocenters. The van der Waals surface area contributed by atoms with Crippen LogP contribution in [0.5, 0.6) is 5.75 Å². The fourth-order valence-corrected chi connectivity index (χ4v) is 2.61. The highest BCUT2D eigenvalue weighted by Gasteiger charge is 2.16. The quantitative estimate of drug-likeness (QED) is 0.626. The van der Waals surface area contributed by atoms with Gasteiger partial charge >= 0.3 is 11.6 Å². The fraction of sp³-hybridized carbons (Fsp3) is 0.250. The summed E-state index contributed by atoms with van der Waals surface area (Å²) in [5.74, 6) is -0.930. The van der Waals surface area contributed by atoms with Crippen molar-refractivity contribution in [1.82, 2.24) is 5.32 Å². The number of fused-ring (bicyclic) bond motifs is 1. The summed E-state index contributed by atoms with van der Waals surface area (Å²) in [7, 11) is 0. The zero-order valence-electron chi connectivity index (χ0n) is 15.6. The Labute approximate surface area is 159 Å². The van der Waals surface area contributed by atoms with E-state index in [0.717, 1.165) is 0 Å². The summed E-state index contributed by atoms with van der Waals surface area (Å²) in [6.07, 6.45) is 0. The smallest absolute Gasteiger partial charge is 0.371 e. The Kier molecular flexibility index (Phi) is 5.21. The van der Waals surface area contributed by atoms with E-state index >= 15 is 0 Å². The molecule has 0 saturated carbocycles. The van der Waals surface area contributed by atoms with E-state index in [4.69, 9.17) is 18.7 Å². The average Bonchev–Trinajstić information content (AvgIpc) is 2.99. The van der Waals surface area contributed by atoms with E-state index < -0.39 is 17.5 Å². The summed E-state index contributed by atoms with van der Waals surface area (Å²) in [6, 6.07) is 7.64. The number of carbonyl (C=O) groups is 2. The third-order valence-corrected chi connectivity index (χ3v) is 4.00. The van der Waals surface area contributed by atoms with Crippen molar-refractivity contribution in [2.75, 3.05) is 0 Å². The molecule has 0 saturated heterocycles. The number of furan rings is 1. The molecule has 0 bridgehead atoms. The van der Waals surface area contributed by atoms with E-state index in [1.807, 2.05) is 0 Å². The van der Waals surface area contributed by atoms with Gasteiger partial charge < -0.3 is 24.0 Å². The van der Waals surface area contributed by atoms with Gasteiger partial charge in [0.1, 0.15) is 29.3 Å². The molecule has 2 N–H and O–H groups in total. The highest BCUT2D eigenvalue weighted by atomic mass is 16.5. The maximum absolute atomic E-state index is 12.1. The summed E-state index contributed by atoms with van der Waals surface area (Å²) in [5, 5.41) is 12.2. The standard InChI is InChI=1S/C20H19NO7/c1-10(2)21-18(22)15-6-12-4-5-14(8-16(12)28-20(15)25)26-9-13-7-17(19(23)24)27-11(13)3/h4-8,10H,9H2,1-3H3,(H,21,22)(H,23,24). The molecular weight excluding hydrogens is 366 g/mol. The Morgan fingerprint density at radius 2 is 1.93 bits per heavy atom. The first kappa shape index (κ1) is 19.2. The van der Waals surface area contributed by atoms with E-state index in [1.165, 1.54) is 18.2 Å². The van der Waals surface area contributed by atoms with Crippen molar-refractivity contribution in [2.45, 2.75) is 33.4 Å². The Bertz CT molecular complexity index is 1110. The van der Waals surface area contributed by atoms with Crippen LogP contribution in [0.25, 0.3) is 11.0 Å². The van der Waals surface area contributed by atoms with Crippen molar-refractivity contribution in [3.63, 3.8) is 0 Å². The number of carbonyl (C=O) groups excluding carboxylic acids is 1. The third-order valence-electron chi connectivity index (χ3n) is 4.00. The maximum Gasteiger partial charge on any atom is 0.371 e. The van der Waals surface area contributed by atoms with Gasteiger partial charge in [-0.1, -0.05) is 0 Å². The van der Waals surface area contributed by atoms with Crippen molar-refractivity contribution in [2.24, 2.45) is 0 Å². The molecule has 0 atom stereocenters. The molecule has 28 heavy (non-hydrogen) atoms. The molecule has 3 aromatic rings. The van der Waals surface area contributed by atoms with Crippen LogP contribution in [0.1, 0.15) is 46.1 Å². The number of hydrogen-bond donors (Lipinski definition) is 2. The molecule has 146 valence electrons. The number of rotatable bonds is 6. The van der Waals surface area contributed by atoms with Gasteiger partial charge in [0.2, 0.25) is 5.76 Å². The molecule has 0 aliphatic heterocycles. The molecular formula is C20H19NO7. The molecule has 1 aromatic carbocycles. The van der Waals surface area contributed by atoms with Crippen LogP contribution in [0.3, 0.4) is 0 Å². The van der Waals surface area contributed by atoms with E-state index in [9.17, 15) is 14.4 Å². The van der Waals surface area contributed by atoms with Gasteiger partial charge in [0.15, 0.2) is 0 Å². The van der Waals surface area contributed by atoms with Gasteiger partial charge in [0, 0.05) is 23.1 Å². The molecule has 3 rings (SSSR count). The summed E-state index contributed by atoms with van der Waals surface area (Å²) < 4.78 is 16.0. The van der Waals surface area contributed by atoms with Crippen LogP contribution in [0.15, 0.2) is 44.0 Å². The van der Waals surface area contributed by atoms with Gasteiger partial charge in [-0.05, 0) is 45.0 Å². The molecule has 0 aliphatic carbocycles. The minimum atomic E-state index is -1.15. The molecule has 8 nitrogen and oxygen atoms in total. The Morgan fingerprint density at radius 3 is 2.57 bits per heavy atom. The molecule has 1 amide bonds. The van der Waals surface area contributed by atoms with Crippen LogP contribution in [0.2, 0.25) is 0 Å². The second-order valence-electron chi connectivity index (χ2n) is 6.56. The number of hydrogen-bond acceptors (Lipinski definition) is 6. The number of nitrogens with one attached hydrogen (secondary N) is 1. The van der Waals surface area contributed by atoms with Crippen LogP contribution in [-0.4, -0.2) is 23.0 Å². The number of ether oxygens (including phenoxy) is 1. The SMILES string of the molecule is Cc1oc(C(=O)O)cc1COc1ccc2cc(C(=O)NC(C)C)c(=O)oc2c1. The minimum absolute atomic E-state index is 0.0647. The number of benzene rings is 1. The Hall–Kier alpha value is -3.55. The normalized spacial score (nSPS) is 11.0. The summed E-state index contributed by atoms with van der Waals surface area (Å²) in [5.41, 5.74) is 0.0723. The monoisotopic (exact) mass is 385 g/mol. The number of carboxylic acids is 1. The first-order valence-electron chi connectivity index (χ1n) is 8.58. The van der Waals surface area contributed by atoms with Crippen LogP contribution in [0.4, 0.5) is 0 Å². The summed E-state index contributed by atoms with van der Waals surface area (Å²) >= 11 is 0. The van der Waals surface area contributed by atoms with Crippen LogP contribution in [0, 0.1) is 6.92 Å². The zero-order chi connectivity index (χ0) is 20.4. The predicted octanol–water partition coefficient (Wildman–Crippen LogP) is 3.11. The zero-order valence-corrected chi connectivity index (χ0v) is 15.6. The number of aryl methyl sites for hydroxylation is 1. The molecule has 0 aliphatic rings. The predicted molar refractivity (Wildman–Crippen MR) is 99.8 cm³/mol. The summed E-state index contributed by atoms with van der Waals surface area (Å²) in [4.78, 5) is 35.2. The molecule has 2 aromatic heterocycles. The van der Waals surface area contributed by atoms with Crippen LogP contribution < -0.4 is 15.7 Å². The molecule has 2 heterocycles. The molecule has 0 spiro atoms. The van der Waals surface area contributed by atoms with Crippen molar-refractivity contribution in [3.8, 4) is 5.75 Å². The molecule has 8 heteroatoms. The van der Waals surface area contributed by atoms with E-state index in [0.29, 0.717) is 22.5 Å². The summed E-state index contributed by atoms with van der Waals surface area (Å²) in [6.45, 7) is 5.33. The Morgan fingerprint density at radius 1 is 1.18 bits per heavy atom. The van der Waals surface area contributed by atoms with E-state index in [-0.39, 0.29) is 29.6 Å². The number of amides is 1. The average molecular weight is 385 g/mol. The lowest BCUT2D eigenvalue weighted by molar-refractivity contribution is 0.0660. The van der Waals surface area contributed by atoms with Crippen molar-refractivity contribution in [1.29, 1.82) is 0 Å². The van der Waals surface area contributed by atoms with Gasteiger partial charge in [0.25, 0.3) is 5.91 Å². The number of carboxylic acid groups (broad SMARTS) is 1. The third kappa shape index (κ3) is 4.06.